The predicted octanol–water partition coefficient (Wildman–Crippen LogP) is 1.44. The number of rotatable bonds is 7. The topological polar surface area (TPSA) is 64.3 Å². The normalized spacial score (nSPS) is 24.6. The molecule has 4 nitrogen and oxygen atoms in total. The van der Waals surface area contributed by atoms with Crippen molar-refractivity contribution in [2.45, 2.75) is 51.0 Å². The lowest BCUT2D eigenvalue weighted by Gasteiger charge is -2.26. The Morgan fingerprint density at radius 2 is 2.24 bits per heavy atom. The summed E-state index contributed by atoms with van der Waals surface area (Å²) in [4.78, 5) is 11.7. The lowest BCUT2D eigenvalue weighted by Crippen LogP contribution is -2.32. The van der Waals surface area contributed by atoms with Crippen molar-refractivity contribution in [1.29, 1.82) is 0 Å². The molecule has 1 aliphatic rings. The first-order valence-corrected chi connectivity index (χ1v) is 6.73. The number of nitrogens with one attached hydrogen (secondary N) is 1. The Balaban J connectivity index is 2.04. The second-order valence-electron chi connectivity index (χ2n) is 5.05. The molecule has 1 saturated carbocycles. The minimum atomic E-state index is 0.182. The van der Waals surface area contributed by atoms with Crippen LogP contribution in [0.4, 0.5) is 0 Å². The molecule has 17 heavy (non-hydrogen) atoms. The van der Waals surface area contributed by atoms with Crippen LogP contribution in [-0.4, -0.2) is 32.2 Å². The molecule has 0 aromatic heterocycles. The molecular formula is C13H26N2O2. The molecule has 0 heterocycles. The van der Waals surface area contributed by atoms with Crippen molar-refractivity contribution < 1.29 is 9.53 Å². The van der Waals surface area contributed by atoms with E-state index in [-0.39, 0.29) is 5.91 Å². The maximum atomic E-state index is 11.7. The number of carbonyl (C=O) groups is 1. The largest absolute Gasteiger partial charge is 0.385 e. The van der Waals surface area contributed by atoms with Crippen molar-refractivity contribution in [1.82, 2.24) is 5.32 Å². The summed E-state index contributed by atoms with van der Waals surface area (Å²) in [5, 5.41) is 2.97. The van der Waals surface area contributed by atoms with Crippen LogP contribution in [0, 0.1) is 5.92 Å². The van der Waals surface area contributed by atoms with Gasteiger partial charge < -0.3 is 15.8 Å². The first-order chi connectivity index (χ1) is 8.22. The van der Waals surface area contributed by atoms with Crippen molar-refractivity contribution in [3.05, 3.63) is 0 Å². The van der Waals surface area contributed by atoms with Gasteiger partial charge in [0.25, 0.3) is 0 Å². The maximum Gasteiger partial charge on any atom is 0.220 e. The summed E-state index contributed by atoms with van der Waals surface area (Å²) in [6, 6.07) is 0.309. The van der Waals surface area contributed by atoms with Gasteiger partial charge in [0.2, 0.25) is 5.91 Å². The lowest BCUT2D eigenvalue weighted by atomic mass is 9.84. The number of nitrogens with two attached hydrogens (primary N) is 1. The van der Waals surface area contributed by atoms with Crippen molar-refractivity contribution in [2.75, 3.05) is 20.3 Å². The fourth-order valence-electron chi connectivity index (χ4n) is 2.45. The van der Waals surface area contributed by atoms with Crippen LogP contribution >= 0.6 is 0 Å². The van der Waals surface area contributed by atoms with Crippen LogP contribution in [0.2, 0.25) is 0 Å². The van der Waals surface area contributed by atoms with Crippen LogP contribution in [0.3, 0.4) is 0 Å². The predicted molar refractivity (Wildman–Crippen MR) is 68.7 cm³/mol. The highest BCUT2D eigenvalue weighted by Gasteiger charge is 2.21. The fraction of sp³-hybridized carbons (Fsp3) is 0.923. The Bertz CT molecular complexity index is 221. The van der Waals surface area contributed by atoms with E-state index in [0.29, 0.717) is 18.4 Å². The molecule has 0 spiro atoms. The number of carbonyl (C=O) groups excluding carboxylic acids is 1. The molecule has 100 valence electrons. The highest BCUT2D eigenvalue weighted by atomic mass is 16.5. The van der Waals surface area contributed by atoms with Gasteiger partial charge in [-0.25, -0.2) is 0 Å². The molecule has 2 unspecified atom stereocenters. The number of hydrogen-bond acceptors (Lipinski definition) is 3. The van der Waals surface area contributed by atoms with E-state index in [9.17, 15) is 4.79 Å². The summed E-state index contributed by atoms with van der Waals surface area (Å²) in [7, 11) is 1.70. The molecule has 4 heteroatoms. The second-order valence-corrected chi connectivity index (χ2v) is 5.05. The molecule has 1 rings (SSSR count). The third-order valence-electron chi connectivity index (χ3n) is 3.39. The van der Waals surface area contributed by atoms with Crippen LogP contribution in [-0.2, 0) is 9.53 Å². The summed E-state index contributed by atoms with van der Waals surface area (Å²) in [5.41, 5.74) is 5.91. The van der Waals surface area contributed by atoms with Gasteiger partial charge in [-0.3, -0.25) is 4.79 Å². The molecule has 1 fully saturated rings. The van der Waals surface area contributed by atoms with E-state index in [0.717, 1.165) is 45.3 Å². The monoisotopic (exact) mass is 242 g/mol. The summed E-state index contributed by atoms with van der Waals surface area (Å²) < 4.78 is 4.96. The molecule has 0 radical (unpaired) electrons. The first-order valence-electron chi connectivity index (χ1n) is 6.73. The maximum absolute atomic E-state index is 11.7. The Kier molecular flexibility index (Phi) is 7.21. The molecule has 0 bridgehead atoms. The zero-order valence-electron chi connectivity index (χ0n) is 10.9. The van der Waals surface area contributed by atoms with Crippen molar-refractivity contribution in [3.8, 4) is 0 Å². The third kappa shape index (κ3) is 6.64. The van der Waals surface area contributed by atoms with E-state index >= 15 is 0 Å². The lowest BCUT2D eigenvalue weighted by molar-refractivity contribution is -0.122. The molecule has 0 aliphatic heterocycles. The molecule has 0 aromatic carbocycles. The second kappa shape index (κ2) is 8.48. The van der Waals surface area contributed by atoms with Gasteiger partial charge >= 0.3 is 0 Å². The highest BCUT2D eigenvalue weighted by Crippen LogP contribution is 2.25. The van der Waals surface area contributed by atoms with Gasteiger partial charge in [0.1, 0.15) is 0 Å². The molecule has 1 amide bonds. The summed E-state index contributed by atoms with van der Waals surface area (Å²) in [6.45, 7) is 1.54. The number of hydrogen-bond donors (Lipinski definition) is 2. The van der Waals surface area contributed by atoms with Gasteiger partial charge in [-0.15, -0.1) is 0 Å². The quantitative estimate of drug-likeness (QED) is 0.664. The van der Waals surface area contributed by atoms with Crippen LogP contribution < -0.4 is 11.1 Å². The van der Waals surface area contributed by atoms with Gasteiger partial charge in [-0.05, 0) is 38.0 Å². The molecule has 1 aliphatic carbocycles. The Morgan fingerprint density at radius 1 is 1.41 bits per heavy atom. The molecular weight excluding hydrogens is 216 g/mol. The van der Waals surface area contributed by atoms with Crippen molar-refractivity contribution >= 4 is 5.91 Å². The Hall–Kier alpha value is -0.610. The van der Waals surface area contributed by atoms with Crippen LogP contribution in [0.1, 0.15) is 44.9 Å². The average molecular weight is 242 g/mol. The van der Waals surface area contributed by atoms with E-state index in [1.807, 2.05) is 0 Å². The van der Waals surface area contributed by atoms with E-state index in [1.165, 1.54) is 6.42 Å². The highest BCUT2D eigenvalue weighted by molar-refractivity contribution is 5.76. The first kappa shape index (κ1) is 14.5. The van der Waals surface area contributed by atoms with Gasteiger partial charge in [-0.1, -0.05) is 6.42 Å². The van der Waals surface area contributed by atoms with Crippen LogP contribution in [0.25, 0.3) is 0 Å². The zero-order valence-corrected chi connectivity index (χ0v) is 10.9. The van der Waals surface area contributed by atoms with Crippen molar-refractivity contribution in [3.63, 3.8) is 0 Å². The molecule has 2 atom stereocenters. The molecule has 0 aromatic rings. The van der Waals surface area contributed by atoms with E-state index in [4.69, 9.17) is 10.5 Å². The van der Waals surface area contributed by atoms with Crippen molar-refractivity contribution in [2.24, 2.45) is 11.7 Å². The Morgan fingerprint density at radius 3 is 2.94 bits per heavy atom. The van der Waals surface area contributed by atoms with E-state index < -0.39 is 0 Å². The number of methoxy groups -OCH3 is 1. The average Bonchev–Trinajstić information content (AvgIpc) is 2.29. The number of ether oxygens (including phenoxy) is 1. The van der Waals surface area contributed by atoms with Gasteiger partial charge in [-0.2, -0.15) is 0 Å². The molecule has 3 N–H and O–H groups in total. The molecule has 0 saturated heterocycles. The standard InChI is InChI=1S/C13H26N2O2/c1-17-8-3-2-7-15-13(16)10-11-5-4-6-12(14)9-11/h11-12H,2-10,14H2,1H3,(H,15,16). The minimum absolute atomic E-state index is 0.182. The SMILES string of the molecule is COCCCCNC(=O)CC1CCCC(N)C1. The third-order valence-corrected chi connectivity index (χ3v) is 3.39. The summed E-state index contributed by atoms with van der Waals surface area (Å²) in [5.74, 6) is 0.680. The smallest absolute Gasteiger partial charge is 0.220 e. The van der Waals surface area contributed by atoms with Gasteiger partial charge in [0, 0.05) is 32.7 Å². The van der Waals surface area contributed by atoms with Gasteiger partial charge in [0.15, 0.2) is 0 Å². The van der Waals surface area contributed by atoms with Crippen LogP contribution in [0.5, 0.6) is 0 Å². The number of amides is 1. The summed E-state index contributed by atoms with van der Waals surface area (Å²) in [6.07, 6.45) is 7.11. The van der Waals surface area contributed by atoms with Gasteiger partial charge in [0.05, 0.1) is 0 Å². The minimum Gasteiger partial charge on any atom is -0.385 e. The van der Waals surface area contributed by atoms with Crippen LogP contribution in [0.15, 0.2) is 0 Å². The summed E-state index contributed by atoms with van der Waals surface area (Å²) >= 11 is 0. The Labute approximate surface area is 104 Å². The van der Waals surface area contributed by atoms with E-state index in [1.54, 1.807) is 7.11 Å². The van der Waals surface area contributed by atoms with E-state index in [2.05, 4.69) is 5.32 Å². The fourth-order valence-corrected chi connectivity index (χ4v) is 2.45. The number of unbranched alkanes of at least 4 members (excludes halogenated alkanes) is 1. The zero-order chi connectivity index (χ0) is 12.5.